The van der Waals surface area contributed by atoms with Gasteiger partial charge >= 0.3 is 0 Å². The molecule has 0 aromatic heterocycles. The van der Waals surface area contributed by atoms with Gasteiger partial charge in [0, 0.05) is 24.4 Å². The molecule has 6 nitrogen and oxygen atoms in total. The summed E-state index contributed by atoms with van der Waals surface area (Å²) in [7, 11) is 0. The van der Waals surface area contributed by atoms with Gasteiger partial charge in [-0.15, -0.1) is 0 Å². The van der Waals surface area contributed by atoms with Crippen molar-refractivity contribution in [3.05, 3.63) is 59.2 Å². The number of benzene rings is 2. The van der Waals surface area contributed by atoms with Crippen LogP contribution in [0.4, 0.5) is 5.69 Å². The Hall–Kier alpha value is -2.86. The van der Waals surface area contributed by atoms with Gasteiger partial charge in [0.05, 0.1) is 6.10 Å². The smallest absolute Gasteiger partial charge is 0.262 e. The van der Waals surface area contributed by atoms with E-state index < -0.39 is 0 Å². The van der Waals surface area contributed by atoms with Crippen LogP contribution in [0.3, 0.4) is 0 Å². The monoisotopic (exact) mass is 382 g/mol. The van der Waals surface area contributed by atoms with Gasteiger partial charge in [0.1, 0.15) is 5.75 Å². The van der Waals surface area contributed by atoms with Gasteiger partial charge in [-0.1, -0.05) is 6.07 Å². The van der Waals surface area contributed by atoms with E-state index in [1.54, 1.807) is 24.3 Å². The Morgan fingerprint density at radius 3 is 2.46 bits per heavy atom. The fraction of sp³-hybridized carbons (Fsp3) is 0.364. The Kier molecular flexibility index (Phi) is 6.66. The molecule has 2 N–H and O–H groups in total. The predicted octanol–water partition coefficient (Wildman–Crippen LogP) is 3.23. The molecular weight excluding hydrogens is 356 g/mol. The predicted molar refractivity (Wildman–Crippen MR) is 108 cm³/mol. The van der Waals surface area contributed by atoms with Crippen LogP contribution in [0.25, 0.3) is 0 Å². The van der Waals surface area contributed by atoms with E-state index in [1.165, 1.54) is 0 Å². The van der Waals surface area contributed by atoms with Gasteiger partial charge in [-0.3, -0.25) is 9.59 Å². The molecule has 1 aliphatic rings. The third-order valence-corrected chi connectivity index (χ3v) is 4.51. The van der Waals surface area contributed by atoms with Gasteiger partial charge in [-0.2, -0.15) is 0 Å². The van der Waals surface area contributed by atoms with Crippen LogP contribution in [-0.2, 0) is 9.53 Å². The highest BCUT2D eigenvalue weighted by Gasteiger charge is 2.16. The fourth-order valence-electron chi connectivity index (χ4n) is 3.18. The first-order valence-corrected chi connectivity index (χ1v) is 9.50. The average Bonchev–Trinajstić information content (AvgIpc) is 3.18. The summed E-state index contributed by atoms with van der Waals surface area (Å²) in [5.41, 5.74) is 3.33. The first-order chi connectivity index (χ1) is 13.5. The third-order valence-electron chi connectivity index (χ3n) is 4.51. The molecule has 1 atom stereocenters. The zero-order valence-electron chi connectivity index (χ0n) is 16.3. The number of aryl methyl sites for hydroxylation is 2. The minimum absolute atomic E-state index is 0.0769. The maximum atomic E-state index is 12.2. The first kappa shape index (κ1) is 19.9. The Labute approximate surface area is 165 Å². The number of amides is 2. The lowest BCUT2D eigenvalue weighted by Crippen LogP contribution is -2.31. The van der Waals surface area contributed by atoms with Crippen LogP contribution in [-0.4, -0.2) is 37.7 Å². The van der Waals surface area contributed by atoms with Gasteiger partial charge < -0.3 is 20.1 Å². The summed E-state index contributed by atoms with van der Waals surface area (Å²) in [6.45, 7) is 5.18. The number of anilines is 1. The lowest BCUT2D eigenvalue weighted by molar-refractivity contribution is -0.118. The molecule has 0 spiro atoms. The molecule has 0 saturated carbocycles. The normalized spacial score (nSPS) is 15.9. The highest BCUT2D eigenvalue weighted by atomic mass is 16.5. The Balaban J connectivity index is 1.46. The van der Waals surface area contributed by atoms with Crippen molar-refractivity contribution in [2.75, 3.05) is 25.1 Å². The van der Waals surface area contributed by atoms with E-state index in [1.807, 2.05) is 32.0 Å². The Bertz CT molecular complexity index is 807. The molecule has 0 unspecified atom stereocenters. The number of nitrogens with one attached hydrogen (secondary N) is 2. The third kappa shape index (κ3) is 5.82. The largest absolute Gasteiger partial charge is 0.484 e. The zero-order valence-corrected chi connectivity index (χ0v) is 16.3. The van der Waals surface area contributed by atoms with Crippen LogP contribution in [0.15, 0.2) is 42.5 Å². The number of carbonyl (C=O) groups is 2. The standard InChI is InChI=1S/C22H26N2O4/c1-15-10-16(2)12-20(11-15)28-14-21(25)24-18-7-5-17(6-8-18)22(26)23-13-19-4-3-9-27-19/h5-8,10-12,19H,3-4,9,13-14H2,1-2H3,(H,23,26)(H,24,25)/t19-/m0/s1. The van der Waals surface area contributed by atoms with Crippen molar-refractivity contribution in [1.82, 2.24) is 5.32 Å². The minimum Gasteiger partial charge on any atom is -0.484 e. The molecule has 1 aliphatic heterocycles. The zero-order chi connectivity index (χ0) is 19.9. The van der Waals surface area contributed by atoms with E-state index in [9.17, 15) is 9.59 Å². The second-order valence-corrected chi connectivity index (χ2v) is 7.08. The van der Waals surface area contributed by atoms with Crippen molar-refractivity contribution in [3.8, 4) is 5.75 Å². The summed E-state index contributed by atoms with van der Waals surface area (Å²) < 4.78 is 11.1. The molecular formula is C22H26N2O4. The van der Waals surface area contributed by atoms with Crippen LogP contribution in [0, 0.1) is 13.8 Å². The molecule has 1 heterocycles. The second-order valence-electron chi connectivity index (χ2n) is 7.08. The van der Waals surface area contributed by atoms with Crippen LogP contribution in [0.2, 0.25) is 0 Å². The average molecular weight is 382 g/mol. The van der Waals surface area contributed by atoms with E-state index in [-0.39, 0.29) is 24.5 Å². The second kappa shape index (κ2) is 9.37. The molecule has 1 fully saturated rings. The number of ether oxygens (including phenoxy) is 2. The highest BCUT2D eigenvalue weighted by Crippen LogP contribution is 2.16. The van der Waals surface area contributed by atoms with Crippen molar-refractivity contribution >= 4 is 17.5 Å². The van der Waals surface area contributed by atoms with E-state index in [0.29, 0.717) is 23.5 Å². The van der Waals surface area contributed by atoms with E-state index in [4.69, 9.17) is 9.47 Å². The van der Waals surface area contributed by atoms with Gasteiger partial charge in [0.25, 0.3) is 11.8 Å². The molecule has 0 radical (unpaired) electrons. The maximum absolute atomic E-state index is 12.2. The maximum Gasteiger partial charge on any atom is 0.262 e. The molecule has 28 heavy (non-hydrogen) atoms. The highest BCUT2D eigenvalue weighted by molar-refractivity contribution is 5.96. The lowest BCUT2D eigenvalue weighted by Gasteiger charge is -2.11. The quantitative estimate of drug-likeness (QED) is 0.771. The van der Waals surface area contributed by atoms with Crippen molar-refractivity contribution in [2.24, 2.45) is 0 Å². The molecule has 148 valence electrons. The van der Waals surface area contributed by atoms with Crippen molar-refractivity contribution in [2.45, 2.75) is 32.8 Å². The summed E-state index contributed by atoms with van der Waals surface area (Å²) in [4.78, 5) is 24.3. The molecule has 1 saturated heterocycles. The summed E-state index contributed by atoms with van der Waals surface area (Å²) in [5.74, 6) is 0.271. The van der Waals surface area contributed by atoms with E-state index in [2.05, 4.69) is 10.6 Å². The van der Waals surface area contributed by atoms with Crippen molar-refractivity contribution in [3.63, 3.8) is 0 Å². The summed E-state index contributed by atoms with van der Waals surface area (Å²) in [5, 5.41) is 5.65. The molecule has 2 aromatic carbocycles. The van der Waals surface area contributed by atoms with Gasteiger partial charge in [-0.05, 0) is 74.2 Å². The first-order valence-electron chi connectivity index (χ1n) is 9.50. The molecule has 0 bridgehead atoms. The summed E-state index contributed by atoms with van der Waals surface area (Å²) in [6, 6.07) is 12.6. The number of hydrogen-bond donors (Lipinski definition) is 2. The Morgan fingerprint density at radius 2 is 1.82 bits per heavy atom. The van der Waals surface area contributed by atoms with Gasteiger partial charge in [-0.25, -0.2) is 0 Å². The molecule has 2 aromatic rings. The molecule has 6 heteroatoms. The SMILES string of the molecule is Cc1cc(C)cc(OCC(=O)Nc2ccc(C(=O)NC[C@@H]3CCCO3)cc2)c1. The topological polar surface area (TPSA) is 76.7 Å². The Morgan fingerprint density at radius 1 is 1.11 bits per heavy atom. The number of carbonyl (C=O) groups excluding carboxylic acids is 2. The number of rotatable bonds is 7. The van der Waals surface area contributed by atoms with E-state index >= 15 is 0 Å². The summed E-state index contributed by atoms with van der Waals surface area (Å²) in [6.07, 6.45) is 2.14. The minimum atomic E-state index is -0.255. The van der Waals surface area contributed by atoms with Crippen molar-refractivity contribution in [1.29, 1.82) is 0 Å². The van der Waals surface area contributed by atoms with Crippen LogP contribution in [0.5, 0.6) is 5.75 Å². The molecule has 3 rings (SSSR count). The van der Waals surface area contributed by atoms with Gasteiger partial charge in [0.2, 0.25) is 0 Å². The lowest BCUT2D eigenvalue weighted by atomic mass is 10.1. The molecule has 0 aliphatic carbocycles. The van der Waals surface area contributed by atoms with E-state index in [0.717, 1.165) is 30.6 Å². The van der Waals surface area contributed by atoms with Crippen LogP contribution < -0.4 is 15.4 Å². The van der Waals surface area contributed by atoms with Gasteiger partial charge in [0.15, 0.2) is 6.61 Å². The molecule has 2 amide bonds. The summed E-state index contributed by atoms with van der Waals surface area (Å²) >= 11 is 0. The number of hydrogen-bond acceptors (Lipinski definition) is 4. The van der Waals surface area contributed by atoms with Crippen LogP contribution in [0.1, 0.15) is 34.3 Å². The van der Waals surface area contributed by atoms with Crippen molar-refractivity contribution < 1.29 is 19.1 Å². The van der Waals surface area contributed by atoms with Crippen LogP contribution >= 0.6 is 0 Å². The fourth-order valence-corrected chi connectivity index (χ4v) is 3.18.